The third kappa shape index (κ3) is 2.03. The van der Waals surface area contributed by atoms with Crippen molar-refractivity contribution in [2.45, 2.75) is 6.43 Å². The summed E-state index contributed by atoms with van der Waals surface area (Å²) >= 11 is 4.69. The number of hydrogen-bond donors (Lipinski definition) is 1. The van der Waals surface area contributed by atoms with E-state index in [1.165, 1.54) is 6.07 Å². The molecule has 0 spiro atoms. The number of alkyl halides is 2. The second-order valence-electron chi connectivity index (χ2n) is 2.01. The molecule has 0 fully saturated rings. The van der Waals surface area contributed by atoms with Gasteiger partial charge in [-0.25, -0.2) is 8.78 Å². The molecule has 0 saturated carbocycles. The van der Waals surface area contributed by atoms with Crippen molar-refractivity contribution in [3.8, 4) is 0 Å². The lowest BCUT2D eigenvalue weighted by Gasteiger charge is -2.01. The number of nitrogens with one attached hydrogen (secondary N) is 1. The van der Waals surface area contributed by atoms with E-state index in [2.05, 4.69) is 20.9 Å². The van der Waals surface area contributed by atoms with Crippen molar-refractivity contribution in [1.82, 2.24) is 4.98 Å². The monoisotopic (exact) mass is 349 g/mol. The van der Waals surface area contributed by atoms with Crippen LogP contribution in [0.4, 0.5) is 8.78 Å². The van der Waals surface area contributed by atoms with Gasteiger partial charge >= 0.3 is 0 Å². The van der Waals surface area contributed by atoms with Crippen molar-refractivity contribution >= 4 is 38.5 Å². The van der Waals surface area contributed by atoms with Crippen LogP contribution in [0.3, 0.4) is 0 Å². The smallest absolute Gasteiger partial charge is 0.270 e. The normalized spacial score (nSPS) is 10.8. The Kier molecular flexibility index (Phi) is 3.22. The van der Waals surface area contributed by atoms with Crippen molar-refractivity contribution < 1.29 is 8.78 Å². The Morgan fingerprint density at radius 2 is 2.17 bits per heavy atom. The molecule has 1 aromatic heterocycles. The molecule has 6 heteroatoms. The highest BCUT2D eigenvalue weighted by atomic mass is 127. The quantitative estimate of drug-likeness (QED) is 0.613. The van der Waals surface area contributed by atoms with Crippen molar-refractivity contribution in [2.75, 3.05) is 0 Å². The average Bonchev–Trinajstić information content (AvgIpc) is 1.82. The van der Waals surface area contributed by atoms with Crippen molar-refractivity contribution in [3.05, 3.63) is 30.2 Å². The third-order valence-electron chi connectivity index (χ3n) is 1.21. The van der Waals surface area contributed by atoms with Crippen LogP contribution in [0.5, 0.6) is 0 Å². The largest absolute Gasteiger partial charge is 0.316 e. The summed E-state index contributed by atoms with van der Waals surface area (Å²) in [6.07, 6.45) is -2.73. The van der Waals surface area contributed by atoms with Gasteiger partial charge in [-0.15, -0.1) is 0 Å². The minimum Gasteiger partial charge on any atom is -0.316 e. The standard InChI is InChI=1S/C6H3BrF2INO/c7-3-1-2(10)4(5(8)9)6(12)11-3/h1,5H,(H,11,12). The van der Waals surface area contributed by atoms with E-state index in [0.29, 0.717) is 4.60 Å². The second-order valence-corrected chi connectivity index (χ2v) is 4.03. The minimum absolute atomic E-state index is 0.262. The number of aromatic nitrogens is 1. The predicted molar refractivity (Wildman–Crippen MR) is 52.4 cm³/mol. The van der Waals surface area contributed by atoms with E-state index in [1.807, 2.05) is 0 Å². The van der Waals surface area contributed by atoms with E-state index >= 15 is 0 Å². The van der Waals surface area contributed by atoms with E-state index in [9.17, 15) is 13.6 Å². The Bertz CT molecular complexity index is 352. The first-order valence-electron chi connectivity index (χ1n) is 2.88. The Balaban J connectivity index is 3.39. The summed E-state index contributed by atoms with van der Waals surface area (Å²) in [4.78, 5) is 13.2. The van der Waals surface area contributed by atoms with Gasteiger partial charge in [-0.1, -0.05) is 0 Å². The number of hydrogen-bond acceptors (Lipinski definition) is 1. The number of halogens is 4. The molecule has 1 N–H and O–H groups in total. The van der Waals surface area contributed by atoms with E-state index in [4.69, 9.17) is 0 Å². The summed E-state index contributed by atoms with van der Waals surface area (Å²) in [6, 6.07) is 1.43. The van der Waals surface area contributed by atoms with Gasteiger partial charge in [0, 0.05) is 3.57 Å². The Hall–Kier alpha value is 0.0200. The van der Waals surface area contributed by atoms with Gasteiger partial charge in [-0.2, -0.15) is 0 Å². The molecule has 12 heavy (non-hydrogen) atoms. The van der Waals surface area contributed by atoms with Gasteiger partial charge in [0.15, 0.2) is 0 Å². The lowest BCUT2D eigenvalue weighted by molar-refractivity contribution is 0.148. The molecular formula is C6H3BrF2INO. The Morgan fingerprint density at radius 3 is 2.58 bits per heavy atom. The summed E-state index contributed by atoms with van der Waals surface area (Å²) in [7, 11) is 0. The van der Waals surface area contributed by atoms with Crippen LogP contribution >= 0.6 is 38.5 Å². The van der Waals surface area contributed by atoms with Crippen LogP contribution in [-0.2, 0) is 0 Å². The van der Waals surface area contributed by atoms with Crippen LogP contribution in [0.15, 0.2) is 15.5 Å². The lowest BCUT2D eigenvalue weighted by Crippen LogP contribution is -2.14. The SMILES string of the molecule is O=c1[nH]c(Br)cc(I)c1C(F)F. The highest BCUT2D eigenvalue weighted by Gasteiger charge is 2.16. The molecule has 0 saturated heterocycles. The van der Waals surface area contributed by atoms with Gasteiger partial charge in [-0.05, 0) is 44.6 Å². The zero-order chi connectivity index (χ0) is 9.30. The molecule has 0 radical (unpaired) electrons. The molecule has 0 aliphatic carbocycles. The molecule has 0 bridgehead atoms. The highest BCUT2D eigenvalue weighted by Crippen LogP contribution is 2.21. The van der Waals surface area contributed by atoms with Crippen LogP contribution in [0.2, 0.25) is 0 Å². The average molecular weight is 350 g/mol. The third-order valence-corrected chi connectivity index (χ3v) is 2.53. The van der Waals surface area contributed by atoms with Crippen LogP contribution in [0.1, 0.15) is 12.0 Å². The van der Waals surface area contributed by atoms with Crippen molar-refractivity contribution in [1.29, 1.82) is 0 Å². The van der Waals surface area contributed by atoms with E-state index in [1.54, 1.807) is 22.6 Å². The zero-order valence-electron chi connectivity index (χ0n) is 5.57. The van der Waals surface area contributed by atoms with Crippen LogP contribution in [0, 0.1) is 3.57 Å². The Morgan fingerprint density at radius 1 is 1.58 bits per heavy atom. The van der Waals surface area contributed by atoms with Gasteiger partial charge in [0.1, 0.15) is 0 Å². The van der Waals surface area contributed by atoms with Crippen molar-refractivity contribution in [2.24, 2.45) is 0 Å². The van der Waals surface area contributed by atoms with Crippen molar-refractivity contribution in [3.63, 3.8) is 0 Å². The first kappa shape index (κ1) is 10.1. The fourth-order valence-corrected chi connectivity index (χ4v) is 2.34. The summed E-state index contributed by atoms with van der Waals surface area (Å²) in [6.45, 7) is 0. The Labute approximate surface area is 88.6 Å². The van der Waals surface area contributed by atoms with Crippen LogP contribution in [-0.4, -0.2) is 4.98 Å². The molecule has 0 atom stereocenters. The second kappa shape index (κ2) is 3.82. The maximum absolute atomic E-state index is 12.2. The molecule has 66 valence electrons. The van der Waals surface area contributed by atoms with Gasteiger partial charge < -0.3 is 4.98 Å². The summed E-state index contributed by atoms with van der Waals surface area (Å²) in [5.41, 5.74) is -1.22. The zero-order valence-corrected chi connectivity index (χ0v) is 9.32. The highest BCUT2D eigenvalue weighted by molar-refractivity contribution is 14.1. The molecule has 1 aromatic rings. The molecule has 0 aromatic carbocycles. The van der Waals surface area contributed by atoms with Crippen LogP contribution in [0.25, 0.3) is 0 Å². The molecule has 2 nitrogen and oxygen atoms in total. The summed E-state index contributed by atoms with van der Waals surface area (Å²) in [5.74, 6) is 0. The van der Waals surface area contributed by atoms with Gasteiger partial charge in [-0.3, -0.25) is 4.79 Å². The molecular weight excluding hydrogens is 347 g/mol. The molecule has 0 amide bonds. The van der Waals surface area contributed by atoms with E-state index in [0.717, 1.165) is 0 Å². The predicted octanol–water partition coefficient (Wildman–Crippen LogP) is 2.68. The molecule has 1 heterocycles. The van der Waals surface area contributed by atoms with Crippen LogP contribution < -0.4 is 5.56 Å². The number of rotatable bonds is 1. The van der Waals surface area contributed by atoms with Gasteiger partial charge in [0.25, 0.3) is 12.0 Å². The molecule has 0 aliphatic rings. The number of pyridine rings is 1. The summed E-state index contributed by atoms with van der Waals surface area (Å²) < 4.78 is 25.0. The van der Waals surface area contributed by atoms with Gasteiger partial charge in [0.2, 0.25) is 0 Å². The first-order valence-corrected chi connectivity index (χ1v) is 4.76. The fourth-order valence-electron chi connectivity index (χ4n) is 0.713. The molecule has 0 unspecified atom stereocenters. The van der Waals surface area contributed by atoms with Gasteiger partial charge in [0.05, 0.1) is 10.2 Å². The maximum Gasteiger partial charge on any atom is 0.270 e. The van der Waals surface area contributed by atoms with E-state index in [-0.39, 0.29) is 3.57 Å². The number of H-pyrrole nitrogens is 1. The maximum atomic E-state index is 12.2. The fraction of sp³-hybridized carbons (Fsp3) is 0.167. The molecule has 0 aliphatic heterocycles. The summed E-state index contributed by atoms with van der Waals surface area (Å²) in [5, 5.41) is 0. The van der Waals surface area contributed by atoms with E-state index < -0.39 is 17.5 Å². The topological polar surface area (TPSA) is 32.9 Å². The number of aromatic amines is 1. The first-order chi connectivity index (χ1) is 5.52. The lowest BCUT2D eigenvalue weighted by atomic mass is 10.3. The minimum atomic E-state index is -2.73. The molecule has 1 rings (SSSR count).